The number of hydrogen-bond donors (Lipinski definition) is 0. The second kappa shape index (κ2) is 4.95. The number of rotatable bonds is 2. The van der Waals surface area contributed by atoms with Crippen LogP contribution in [0.15, 0.2) is 22.9 Å². The van der Waals surface area contributed by atoms with E-state index in [4.69, 9.17) is 4.74 Å². The highest BCUT2D eigenvalue weighted by atomic mass is 79.9. The van der Waals surface area contributed by atoms with Crippen molar-refractivity contribution in [3.63, 3.8) is 0 Å². The summed E-state index contributed by atoms with van der Waals surface area (Å²) in [7, 11) is 1.45. The summed E-state index contributed by atoms with van der Waals surface area (Å²) in [6.07, 6.45) is 6.50. The van der Waals surface area contributed by atoms with Crippen molar-refractivity contribution in [1.29, 1.82) is 0 Å². The van der Waals surface area contributed by atoms with Gasteiger partial charge in [-0.3, -0.25) is 9.78 Å². The summed E-state index contributed by atoms with van der Waals surface area (Å²) in [5.74, 6) is 0.425. The molecule has 16 heavy (non-hydrogen) atoms. The van der Waals surface area contributed by atoms with Gasteiger partial charge in [0.15, 0.2) is 0 Å². The van der Waals surface area contributed by atoms with Crippen molar-refractivity contribution in [2.24, 2.45) is 5.92 Å². The number of aromatic nitrogens is 1. The first kappa shape index (κ1) is 11.6. The lowest BCUT2D eigenvalue weighted by molar-refractivity contribution is -0.145. The van der Waals surface area contributed by atoms with Crippen LogP contribution in [0, 0.1) is 5.92 Å². The summed E-state index contributed by atoms with van der Waals surface area (Å²) in [6.45, 7) is 0. The van der Waals surface area contributed by atoms with Gasteiger partial charge in [0.25, 0.3) is 0 Å². The van der Waals surface area contributed by atoms with E-state index in [1.54, 1.807) is 6.20 Å². The van der Waals surface area contributed by atoms with Crippen LogP contribution in [0.4, 0.5) is 0 Å². The maximum absolute atomic E-state index is 11.4. The monoisotopic (exact) mass is 283 g/mol. The van der Waals surface area contributed by atoms with Crippen LogP contribution in [0.5, 0.6) is 0 Å². The predicted octanol–water partition coefficient (Wildman–Crippen LogP) is 2.90. The fourth-order valence-electron chi connectivity index (χ4n) is 2.32. The Morgan fingerprint density at radius 1 is 1.50 bits per heavy atom. The molecule has 0 aliphatic heterocycles. The van der Waals surface area contributed by atoms with Crippen molar-refractivity contribution in [1.82, 2.24) is 4.98 Å². The van der Waals surface area contributed by atoms with Gasteiger partial charge < -0.3 is 4.74 Å². The van der Waals surface area contributed by atoms with Gasteiger partial charge in [0, 0.05) is 16.9 Å². The Hall–Kier alpha value is -0.900. The van der Waals surface area contributed by atoms with Crippen molar-refractivity contribution in [3.05, 3.63) is 28.5 Å². The molecule has 86 valence electrons. The lowest BCUT2D eigenvalue weighted by atomic mass is 9.98. The molecule has 0 spiro atoms. The third-order valence-corrected chi connectivity index (χ3v) is 3.60. The lowest BCUT2D eigenvalue weighted by Crippen LogP contribution is -2.12. The number of hydrogen-bond acceptors (Lipinski definition) is 3. The number of nitrogens with zero attached hydrogens (tertiary/aromatic N) is 1. The van der Waals surface area contributed by atoms with E-state index >= 15 is 0 Å². The number of halogens is 1. The number of ether oxygens (including phenoxy) is 1. The Balaban J connectivity index is 2.06. The highest BCUT2D eigenvalue weighted by Gasteiger charge is 2.31. The number of carbonyl (C=O) groups is 1. The number of esters is 1. The van der Waals surface area contributed by atoms with Crippen LogP contribution in [0.1, 0.15) is 30.7 Å². The molecule has 2 rings (SSSR count). The summed E-state index contributed by atoms with van der Waals surface area (Å²) < 4.78 is 5.77. The molecular weight excluding hydrogens is 270 g/mol. The Morgan fingerprint density at radius 2 is 2.31 bits per heavy atom. The second-order valence-electron chi connectivity index (χ2n) is 4.17. The Morgan fingerprint density at radius 3 is 3.00 bits per heavy atom. The molecule has 1 aliphatic rings. The summed E-state index contributed by atoms with van der Waals surface area (Å²) in [6, 6.07) is 2.08. The van der Waals surface area contributed by atoms with Crippen LogP contribution in [0.25, 0.3) is 0 Å². The minimum Gasteiger partial charge on any atom is -0.469 e. The minimum atomic E-state index is -0.0783. The molecule has 1 heterocycles. The molecule has 2 atom stereocenters. The van der Waals surface area contributed by atoms with E-state index in [0.29, 0.717) is 5.92 Å². The zero-order chi connectivity index (χ0) is 11.5. The Kier molecular flexibility index (Phi) is 3.59. The maximum Gasteiger partial charge on any atom is 0.308 e. The van der Waals surface area contributed by atoms with Crippen molar-refractivity contribution in [2.45, 2.75) is 25.2 Å². The summed E-state index contributed by atoms with van der Waals surface area (Å²) in [4.78, 5) is 15.6. The van der Waals surface area contributed by atoms with Crippen molar-refractivity contribution < 1.29 is 9.53 Å². The first-order valence-electron chi connectivity index (χ1n) is 5.39. The molecule has 2 unspecified atom stereocenters. The second-order valence-corrected chi connectivity index (χ2v) is 5.08. The number of carbonyl (C=O) groups excluding carboxylic acids is 1. The van der Waals surface area contributed by atoms with Gasteiger partial charge in [0.05, 0.1) is 13.0 Å². The molecular formula is C12H14BrNO2. The molecule has 0 saturated heterocycles. The molecule has 0 N–H and O–H groups in total. The molecule has 0 radical (unpaired) electrons. The van der Waals surface area contributed by atoms with Gasteiger partial charge in [0.2, 0.25) is 0 Å². The van der Waals surface area contributed by atoms with Gasteiger partial charge in [-0.25, -0.2) is 0 Å². The summed E-state index contributed by atoms with van der Waals surface area (Å²) >= 11 is 3.41. The molecule has 0 aromatic carbocycles. The van der Waals surface area contributed by atoms with Crippen LogP contribution in [0.2, 0.25) is 0 Å². The normalized spacial score (nSPS) is 24.4. The van der Waals surface area contributed by atoms with E-state index in [1.165, 1.54) is 12.7 Å². The molecule has 1 aromatic heterocycles. The van der Waals surface area contributed by atoms with E-state index in [-0.39, 0.29) is 11.9 Å². The summed E-state index contributed by atoms with van der Waals surface area (Å²) in [5.41, 5.74) is 1.21. The molecule has 4 heteroatoms. The third kappa shape index (κ3) is 2.43. The molecule has 1 fully saturated rings. The number of pyridine rings is 1. The van der Waals surface area contributed by atoms with E-state index in [0.717, 1.165) is 23.7 Å². The average molecular weight is 284 g/mol. The zero-order valence-corrected chi connectivity index (χ0v) is 10.7. The molecule has 0 bridgehead atoms. The minimum absolute atomic E-state index is 0.0639. The van der Waals surface area contributed by atoms with E-state index in [2.05, 4.69) is 27.0 Å². The Labute approximate surface area is 103 Å². The van der Waals surface area contributed by atoms with Crippen LogP contribution in [-0.4, -0.2) is 18.1 Å². The molecule has 3 nitrogen and oxygen atoms in total. The fraction of sp³-hybridized carbons (Fsp3) is 0.500. The van der Waals surface area contributed by atoms with E-state index in [9.17, 15) is 4.79 Å². The van der Waals surface area contributed by atoms with Crippen molar-refractivity contribution in [2.75, 3.05) is 7.11 Å². The van der Waals surface area contributed by atoms with Gasteiger partial charge >= 0.3 is 5.97 Å². The number of methoxy groups -OCH3 is 1. The third-order valence-electron chi connectivity index (χ3n) is 3.16. The van der Waals surface area contributed by atoms with Crippen molar-refractivity contribution >= 4 is 21.9 Å². The quantitative estimate of drug-likeness (QED) is 0.784. The average Bonchev–Trinajstić information content (AvgIpc) is 2.77. The lowest BCUT2D eigenvalue weighted by Gasteiger charge is -2.10. The van der Waals surface area contributed by atoms with Gasteiger partial charge in [0.1, 0.15) is 0 Å². The largest absolute Gasteiger partial charge is 0.469 e. The van der Waals surface area contributed by atoms with Crippen LogP contribution >= 0.6 is 15.9 Å². The van der Waals surface area contributed by atoms with Gasteiger partial charge in [-0.05, 0) is 52.7 Å². The molecule has 1 aliphatic carbocycles. The van der Waals surface area contributed by atoms with Crippen molar-refractivity contribution in [3.8, 4) is 0 Å². The first-order chi connectivity index (χ1) is 7.70. The van der Waals surface area contributed by atoms with Gasteiger partial charge in [-0.2, -0.15) is 0 Å². The van der Waals surface area contributed by atoms with Crippen LogP contribution in [-0.2, 0) is 9.53 Å². The first-order valence-corrected chi connectivity index (χ1v) is 6.18. The zero-order valence-electron chi connectivity index (χ0n) is 9.15. The topological polar surface area (TPSA) is 39.2 Å². The van der Waals surface area contributed by atoms with Gasteiger partial charge in [-0.15, -0.1) is 0 Å². The Bertz CT molecular complexity index is 394. The highest BCUT2D eigenvalue weighted by Crippen LogP contribution is 2.38. The molecule has 1 aromatic rings. The molecule has 0 amide bonds. The fourth-order valence-corrected chi connectivity index (χ4v) is 2.70. The smallest absolute Gasteiger partial charge is 0.308 e. The SMILES string of the molecule is COC(=O)C1CCC(c2cncc(Br)c2)C1. The predicted molar refractivity (Wildman–Crippen MR) is 64.0 cm³/mol. The van der Waals surface area contributed by atoms with E-state index in [1.807, 2.05) is 6.20 Å². The maximum atomic E-state index is 11.4. The van der Waals surface area contributed by atoms with Crippen LogP contribution in [0.3, 0.4) is 0 Å². The standard InChI is InChI=1S/C12H14BrNO2/c1-16-12(15)9-3-2-8(4-9)10-5-11(13)7-14-6-10/h5-9H,2-4H2,1H3. The highest BCUT2D eigenvalue weighted by molar-refractivity contribution is 9.10. The van der Waals surface area contributed by atoms with E-state index < -0.39 is 0 Å². The van der Waals surface area contributed by atoms with Gasteiger partial charge in [-0.1, -0.05) is 0 Å². The summed E-state index contributed by atoms with van der Waals surface area (Å²) in [5, 5.41) is 0. The molecule has 1 saturated carbocycles. The van der Waals surface area contributed by atoms with Crippen LogP contribution < -0.4 is 0 Å².